The number of anilines is 1. The van der Waals surface area contributed by atoms with Crippen molar-refractivity contribution in [3.8, 4) is 17.2 Å². The third kappa shape index (κ3) is 9.28. The van der Waals surface area contributed by atoms with Crippen molar-refractivity contribution in [2.45, 2.75) is 20.4 Å². The standard InChI is InChI=1S/C28H29IN4O6/c1-4-38-24-14-20(13-23(29)26(24)39-17-25(34)32-21-9-5-18(2)6-10-21)16-31-33-28(36)27(35)30-15-19-7-11-22(37-3)12-8-19/h5-14,16H,4,15,17H2,1-3H3,(H,30,35)(H,32,34)(H,33,36)/b31-16-. The van der Waals surface area contributed by atoms with Gasteiger partial charge in [0.1, 0.15) is 5.75 Å². The minimum Gasteiger partial charge on any atom is -0.497 e. The van der Waals surface area contributed by atoms with Crippen LogP contribution in [0.25, 0.3) is 0 Å². The van der Waals surface area contributed by atoms with E-state index >= 15 is 0 Å². The van der Waals surface area contributed by atoms with E-state index in [9.17, 15) is 14.4 Å². The molecule has 0 atom stereocenters. The SMILES string of the molecule is CCOc1cc(/C=N\NC(=O)C(=O)NCc2ccc(OC)cc2)cc(I)c1OCC(=O)Nc1ccc(C)cc1. The molecule has 3 aromatic carbocycles. The number of benzene rings is 3. The number of methoxy groups -OCH3 is 1. The first-order valence-electron chi connectivity index (χ1n) is 12.0. The van der Waals surface area contributed by atoms with Gasteiger partial charge in [0.25, 0.3) is 5.91 Å². The molecule has 0 spiro atoms. The Kier molecular flexibility index (Phi) is 11.1. The molecule has 0 bridgehead atoms. The van der Waals surface area contributed by atoms with Gasteiger partial charge in [0.15, 0.2) is 18.1 Å². The first kappa shape index (κ1) is 29.4. The zero-order valence-corrected chi connectivity index (χ0v) is 23.9. The van der Waals surface area contributed by atoms with Crippen LogP contribution in [-0.4, -0.2) is 44.3 Å². The van der Waals surface area contributed by atoms with Gasteiger partial charge in [0.2, 0.25) is 0 Å². The minimum absolute atomic E-state index is 0.181. The molecule has 0 saturated carbocycles. The maximum Gasteiger partial charge on any atom is 0.329 e. The minimum atomic E-state index is -0.904. The number of nitrogens with zero attached hydrogens (tertiary/aromatic N) is 1. The molecule has 3 aromatic rings. The van der Waals surface area contributed by atoms with E-state index in [1.54, 1.807) is 43.5 Å². The van der Waals surface area contributed by atoms with Gasteiger partial charge in [-0.1, -0.05) is 29.8 Å². The van der Waals surface area contributed by atoms with Crippen molar-refractivity contribution in [3.05, 3.63) is 80.9 Å². The molecule has 0 saturated heterocycles. The van der Waals surface area contributed by atoms with Crippen molar-refractivity contribution in [1.82, 2.24) is 10.7 Å². The van der Waals surface area contributed by atoms with Gasteiger partial charge in [-0.25, -0.2) is 5.43 Å². The summed E-state index contributed by atoms with van der Waals surface area (Å²) in [4.78, 5) is 36.5. The third-order valence-corrected chi connectivity index (χ3v) is 6.01. The normalized spacial score (nSPS) is 10.6. The number of nitrogens with one attached hydrogen (secondary N) is 3. The molecule has 0 aromatic heterocycles. The Morgan fingerprint density at radius 1 is 0.974 bits per heavy atom. The second-order valence-electron chi connectivity index (χ2n) is 8.20. The molecule has 0 fully saturated rings. The lowest BCUT2D eigenvalue weighted by Crippen LogP contribution is -2.37. The average molecular weight is 644 g/mol. The molecule has 3 amide bonds. The second kappa shape index (κ2) is 14.7. The highest BCUT2D eigenvalue weighted by Gasteiger charge is 2.15. The molecule has 0 aliphatic heterocycles. The van der Waals surface area contributed by atoms with Gasteiger partial charge in [-0.2, -0.15) is 5.10 Å². The Labute approximate surface area is 240 Å². The summed E-state index contributed by atoms with van der Waals surface area (Å²) in [6.45, 7) is 4.13. The van der Waals surface area contributed by atoms with Gasteiger partial charge < -0.3 is 24.8 Å². The molecule has 10 nitrogen and oxygen atoms in total. The quantitative estimate of drug-likeness (QED) is 0.126. The fourth-order valence-electron chi connectivity index (χ4n) is 3.26. The number of hydrogen-bond donors (Lipinski definition) is 3. The highest BCUT2D eigenvalue weighted by molar-refractivity contribution is 14.1. The fourth-order valence-corrected chi connectivity index (χ4v) is 4.04. The largest absolute Gasteiger partial charge is 0.497 e. The summed E-state index contributed by atoms with van der Waals surface area (Å²) >= 11 is 2.06. The molecule has 3 rings (SSSR count). The number of carbonyl (C=O) groups excluding carboxylic acids is 3. The summed E-state index contributed by atoms with van der Waals surface area (Å²) in [6.07, 6.45) is 1.38. The van der Waals surface area contributed by atoms with E-state index in [0.717, 1.165) is 11.1 Å². The monoisotopic (exact) mass is 644 g/mol. The van der Waals surface area contributed by atoms with Gasteiger partial charge in [0, 0.05) is 12.2 Å². The highest BCUT2D eigenvalue weighted by atomic mass is 127. The predicted octanol–water partition coefficient (Wildman–Crippen LogP) is 3.79. The maximum atomic E-state index is 12.4. The molecule has 204 valence electrons. The molecule has 11 heteroatoms. The van der Waals surface area contributed by atoms with Crippen molar-refractivity contribution in [3.63, 3.8) is 0 Å². The van der Waals surface area contributed by atoms with Crippen molar-refractivity contribution < 1.29 is 28.6 Å². The van der Waals surface area contributed by atoms with E-state index in [0.29, 0.717) is 38.7 Å². The Morgan fingerprint density at radius 3 is 2.36 bits per heavy atom. The maximum absolute atomic E-state index is 12.4. The first-order chi connectivity index (χ1) is 18.8. The van der Waals surface area contributed by atoms with Gasteiger partial charge in [-0.15, -0.1) is 0 Å². The van der Waals surface area contributed by atoms with Crippen LogP contribution in [0.5, 0.6) is 17.2 Å². The topological polar surface area (TPSA) is 127 Å². The van der Waals surface area contributed by atoms with Crippen molar-refractivity contribution in [2.75, 3.05) is 25.6 Å². The average Bonchev–Trinajstić information content (AvgIpc) is 2.93. The summed E-state index contributed by atoms with van der Waals surface area (Å²) in [6, 6.07) is 18.0. The van der Waals surface area contributed by atoms with Crippen LogP contribution < -0.4 is 30.3 Å². The van der Waals surface area contributed by atoms with Crippen LogP contribution in [0.3, 0.4) is 0 Å². The van der Waals surface area contributed by atoms with Crippen molar-refractivity contribution in [1.29, 1.82) is 0 Å². The van der Waals surface area contributed by atoms with Crippen LogP contribution in [0.1, 0.15) is 23.6 Å². The predicted molar refractivity (Wildman–Crippen MR) is 156 cm³/mol. The van der Waals surface area contributed by atoms with Gasteiger partial charge in [-0.3, -0.25) is 14.4 Å². The van der Waals surface area contributed by atoms with E-state index in [1.807, 2.05) is 38.1 Å². The Morgan fingerprint density at radius 2 is 1.69 bits per heavy atom. The van der Waals surface area contributed by atoms with Crippen LogP contribution in [0.4, 0.5) is 5.69 Å². The summed E-state index contributed by atoms with van der Waals surface area (Å²) in [5, 5.41) is 9.19. The number of amides is 3. The van der Waals surface area contributed by atoms with Crippen LogP contribution in [-0.2, 0) is 20.9 Å². The molecule has 0 aliphatic rings. The smallest absolute Gasteiger partial charge is 0.329 e. The Balaban J connectivity index is 1.55. The lowest BCUT2D eigenvalue weighted by Gasteiger charge is -2.14. The van der Waals surface area contributed by atoms with E-state index < -0.39 is 11.8 Å². The van der Waals surface area contributed by atoms with Crippen LogP contribution in [0, 0.1) is 10.5 Å². The number of ether oxygens (including phenoxy) is 3. The number of carbonyl (C=O) groups is 3. The zero-order chi connectivity index (χ0) is 28.2. The van der Waals surface area contributed by atoms with E-state index in [2.05, 4.69) is 43.8 Å². The summed E-state index contributed by atoms with van der Waals surface area (Å²) in [7, 11) is 1.57. The highest BCUT2D eigenvalue weighted by Crippen LogP contribution is 2.34. The Hall–Kier alpha value is -4.13. The molecule has 3 N–H and O–H groups in total. The molecule has 0 radical (unpaired) electrons. The Bertz CT molecular complexity index is 1330. The summed E-state index contributed by atoms with van der Waals surface area (Å²) < 4.78 is 17.2. The van der Waals surface area contributed by atoms with Crippen LogP contribution in [0.2, 0.25) is 0 Å². The lowest BCUT2D eigenvalue weighted by atomic mass is 10.2. The molecule has 0 unspecified atom stereocenters. The fraction of sp³-hybridized carbons (Fsp3) is 0.214. The molecule has 39 heavy (non-hydrogen) atoms. The van der Waals surface area contributed by atoms with Gasteiger partial charge in [0.05, 0.1) is 23.5 Å². The van der Waals surface area contributed by atoms with Gasteiger partial charge >= 0.3 is 11.8 Å². The van der Waals surface area contributed by atoms with E-state index in [-0.39, 0.29) is 19.1 Å². The van der Waals surface area contributed by atoms with Crippen LogP contribution in [0.15, 0.2) is 65.8 Å². The summed E-state index contributed by atoms with van der Waals surface area (Å²) in [5.74, 6) is -0.509. The number of hydrogen-bond acceptors (Lipinski definition) is 7. The molecular weight excluding hydrogens is 615 g/mol. The van der Waals surface area contributed by atoms with Crippen molar-refractivity contribution >= 4 is 52.2 Å². The van der Waals surface area contributed by atoms with Gasteiger partial charge in [-0.05, 0) is 84.0 Å². The summed E-state index contributed by atoms with van der Waals surface area (Å²) in [5.41, 5.74) is 5.39. The molecular formula is C28H29IN4O6. The third-order valence-electron chi connectivity index (χ3n) is 5.21. The molecule has 0 heterocycles. The number of halogens is 1. The zero-order valence-electron chi connectivity index (χ0n) is 21.7. The van der Waals surface area contributed by atoms with Crippen molar-refractivity contribution in [2.24, 2.45) is 5.10 Å². The van der Waals surface area contributed by atoms with E-state index in [1.165, 1.54) is 6.21 Å². The second-order valence-corrected chi connectivity index (χ2v) is 9.36. The van der Waals surface area contributed by atoms with E-state index in [4.69, 9.17) is 14.2 Å². The van der Waals surface area contributed by atoms with Crippen LogP contribution >= 0.6 is 22.6 Å². The number of hydrazone groups is 1. The lowest BCUT2D eigenvalue weighted by molar-refractivity contribution is -0.139. The molecule has 0 aliphatic carbocycles. The number of rotatable bonds is 11. The number of aryl methyl sites for hydroxylation is 1. The first-order valence-corrected chi connectivity index (χ1v) is 13.1.